The van der Waals surface area contributed by atoms with Gasteiger partial charge in [-0.1, -0.05) is 13.3 Å². The van der Waals surface area contributed by atoms with Gasteiger partial charge in [0.1, 0.15) is 0 Å². The molecule has 0 bridgehead atoms. The molecule has 0 aromatic rings. The van der Waals surface area contributed by atoms with Gasteiger partial charge in [-0.15, -0.1) is 0 Å². The third-order valence-corrected chi connectivity index (χ3v) is 2.52. The van der Waals surface area contributed by atoms with Crippen molar-refractivity contribution in [3.8, 4) is 0 Å². The van der Waals surface area contributed by atoms with Gasteiger partial charge in [0, 0.05) is 0 Å². The summed E-state index contributed by atoms with van der Waals surface area (Å²) < 4.78 is 0. The first-order valence-electron chi connectivity index (χ1n) is 4.12. The zero-order chi connectivity index (χ0) is 7.56. The smallest absolute Gasteiger partial charge is 0.0583 e. The molecule has 1 aliphatic rings. The lowest BCUT2D eigenvalue weighted by Crippen LogP contribution is -2.33. The zero-order valence-corrected chi connectivity index (χ0v) is 6.59. The average molecular weight is 143 g/mol. The Morgan fingerprint density at radius 2 is 2.20 bits per heavy atom. The molecule has 0 saturated heterocycles. The van der Waals surface area contributed by atoms with Gasteiger partial charge >= 0.3 is 0 Å². The fourth-order valence-corrected chi connectivity index (χ4v) is 1.69. The highest BCUT2D eigenvalue weighted by atomic mass is 16.3. The molecule has 1 aliphatic carbocycles. The lowest BCUT2D eigenvalue weighted by Gasteiger charge is -2.30. The van der Waals surface area contributed by atoms with Gasteiger partial charge in [-0.2, -0.15) is 0 Å². The fraction of sp³-hybridized carbons (Fsp3) is 1.00. The molecular formula is C8H17NO. The van der Waals surface area contributed by atoms with Gasteiger partial charge in [0.25, 0.3) is 0 Å². The van der Waals surface area contributed by atoms with Crippen molar-refractivity contribution >= 4 is 0 Å². The number of aliphatic hydroxyl groups is 1. The Balaban J connectivity index is 2.36. The van der Waals surface area contributed by atoms with E-state index in [9.17, 15) is 5.11 Å². The highest BCUT2D eigenvalue weighted by Crippen LogP contribution is 2.27. The molecule has 1 rings (SSSR count). The van der Waals surface area contributed by atoms with Crippen LogP contribution in [0.2, 0.25) is 0 Å². The summed E-state index contributed by atoms with van der Waals surface area (Å²) >= 11 is 0. The molecule has 0 radical (unpaired) electrons. The van der Waals surface area contributed by atoms with Crippen LogP contribution in [0.15, 0.2) is 0 Å². The van der Waals surface area contributed by atoms with E-state index in [-0.39, 0.29) is 6.10 Å². The number of nitrogens with two attached hydrogens (primary N) is 1. The van der Waals surface area contributed by atoms with Crippen LogP contribution in [0.4, 0.5) is 0 Å². The molecule has 0 spiro atoms. The van der Waals surface area contributed by atoms with Gasteiger partial charge in [-0.3, -0.25) is 0 Å². The Morgan fingerprint density at radius 1 is 1.50 bits per heavy atom. The molecule has 60 valence electrons. The first-order chi connectivity index (χ1) is 4.74. The van der Waals surface area contributed by atoms with Crippen LogP contribution in [0.1, 0.15) is 26.2 Å². The molecule has 1 fully saturated rings. The Bertz CT molecular complexity index is 105. The van der Waals surface area contributed by atoms with E-state index in [1.807, 2.05) is 0 Å². The first-order valence-corrected chi connectivity index (χ1v) is 4.12. The van der Waals surface area contributed by atoms with E-state index < -0.39 is 0 Å². The summed E-state index contributed by atoms with van der Waals surface area (Å²) in [6, 6.07) is 0. The van der Waals surface area contributed by atoms with Crippen molar-refractivity contribution < 1.29 is 5.11 Å². The van der Waals surface area contributed by atoms with Crippen molar-refractivity contribution in [2.75, 3.05) is 6.54 Å². The SMILES string of the molecule is CC1CCC(CN)C(O)C1. The predicted molar refractivity (Wildman–Crippen MR) is 41.6 cm³/mol. The van der Waals surface area contributed by atoms with E-state index in [2.05, 4.69) is 6.92 Å². The van der Waals surface area contributed by atoms with Gasteiger partial charge in [-0.25, -0.2) is 0 Å². The van der Waals surface area contributed by atoms with E-state index >= 15 is 0 Å². The van der Waals surface area contributed by atoms with Crippen molar-refractivity contribution in [3.63, 3.8) is 0 Å². The third kappa shape index (κ3) is 1.70. The molecule has 10 heavy (non-hydrogen) atoms. The van der Waals surface area contributed by atoms with E-state index in [1.165, 1.54) is 6.42 Å². The number of rotatable bonds is 1. The van der Waals surface area contributed by atoms with Crippen LogP contribution >= 0.6 is 0 Å². The van der Waals surface area contributed by atoms with Crippen molar-refractivity contribution in [1.82, 2.24) is 0 Å². The molecule has 3 N–H and O–H groups in total. The maximum Gasteiger partial charge on any atom is 0.0583 e. The maximum atomic E-state index is 9.46. The Kier molecular flexibility index (Phi) is 2.69. The molecule has 3 unspecified atom stereocenters. The molecule has 0 heterocycles. The van der Waals surface area contributed by atoms with Gasteiger partial charge in [0.15, 0.2) is 0 Å². The van der Waals surface area contributed by atoms with Crippen molar-refractivity contribution in [3.05, 3.63) is 0 Å². The minimum Gasteiger partial charge on any atom is -0.393 e. The second-order valence-corrected chi connectivity index (χ2v) is 3.48. The second kappa shape index (κ2) is 3.35. The number of aliphatic hydroxyl groups excluding tert-OH is 1. The highest BCUT2D eigenvalue weighted by Gasteiger charge is 2.25. The lowest BCUT2D eigenvalue weighted by molar-refractivity contribution is 0.0531. The lowest BCUT2D eigenvalue weighted by atomic mass is 9.81. The Morgan fingerprint density at radius 3 is 2.70 bits per heavy atom. The van der Waals surface area contributed by atoms with Crippen molar-refractivity contribution in [2.45, 2.75) is 32.3 Å². The molecule has 3 atom stereocenters. The van der Waals surface area contributed by atoms with Gasteiger partial charge < -0.3 is 10.8 Å². The monoisotopic (exact) mass is 143 g/mol. The summed E-state index contributed by atoms with van der Waals surface area (Å²) in [5, 5.41) is 9.46. The van der Waals surface area contributed by atoms with Crippen molar-refractivity contribution in [1.29, 1.82) is 0 Å². The largest absolute Gasteiger partial charge is 0.393 e. The normalized spacial score (nSPS) is 41.7. The first kappa shape index (κ1) is 8.02. The van der Waals surface area contributed by atoms with Crippen LogP contribution in [0.3, 0.4) is 0 Å². The second-order valence-electron chi connectivity index (χ2n) is 3.48. The van der Waals surface area contributed by atoms with Gasteiger partial charge in [0.2, 0.25) is 0 Å². The molecular weight excluding hydrogens is 126 g/mol. The summed E-state index contributed by atoms with van der Waals surface area (Å²) in [6.45, 7) is 2.84. The van der Waals surface area contributed by atoms with Crippen LogP contribution < -0.4 is 5.73 Å². The molecule has 2 heteroatoms. The summed E-state index contributed by atoms with van der Waals surface area (Å²) in [5.74, 6) is 1.06. The predicted octanol–water partition coefficient (Wildman–Crippen LogP) is 0.742. The van der Waals surface area contributed by atoms with Gasteiger partial charge in [-0.05, 0) is 31.2 Å². The van der Waals surface area contributed by atoms with Gasteiger partial charge in [0.05, 0.1) is 6.10 Å². The summed E-state index contributed by atoms with van der Waals surface area (Å²) in [5.41, 5.74) is 5.48. The molecule has 0 aliphatic heterocycles. The molecule has 1 saturated carbocycles. The van der Waals surface area contributed by atoms with Crippen LogP contribution in [-0.2, 0) is 0 Å². The highest BCUT2D eigenvalue weighted by molar-refractivity contribution is 4.77. The standard InChI is InChI=1S/C8H17NO/c1-6-2-3-7(5-9)8(10)4-6/h6-8,10H,2-5,9H2,1H3. The van der Waals surface area contributed by atoms with E-state index in [0.717, 1.165) is 12.8 Å². The Hall–Kier alpha value is -0.0800. The number of hydrogen-bond acceptors (Lipinski definition) is 2. The quantitative estimate of drug-likeness (QED) is 0.568. The third-order valence-electron chi connectivity index (χ3n) is 2.52. The zero-order valence-electron chi connectivity index (χ0n) is 6.59. The minimum atomic E-state index is -0.131. The molecule has 0 amide bonds. The van der Waals surface area contributed by atoms with Crippen LogP contribution in [0.5, 0.6) is 0 Å². The summed E-state index contributed by atoms with van der Waals surface area (Å²) in [7, 11) is 0. The molecule has 0 aromatic heterocycles. The summed E-state index contributed by atoms with van der Waals surface area (Å²) in [4.78, 5) is 0. The number of hydrogen-bond donors (Lipinski definition) is 2. The topological polar surface area (TPSA) is 46.2 Å². The van der Waals surface area contributed by atoms with E-state index in [0.29, 0.717) is 18.4 Å². The van der Waals surface area contributed by atoms with E-state index in [1.54, 1.807) is 0 Å². The van der Waals surface area contributed by atoms with Crippen LogP contribution in [0, 0.1) is 11.8 Å². The molecule has 2 nitrogen and oxygen atoms in total. The average Bonchev–Trinajstić information content (AvgIpc) is 1.88. The van der Waals surface area contributed by atoms with Crippen LogP contribution in [-0.4, -0.2) is 17.8 Å². The molecule has 0 aromatic carbocycles. The Labute approximate surface area is 62.4 Å². The fourth-order valence-electron chi connectivity index (χ4n) is 1.69. The van der Waals surface area contributed by atoms with Crippen molar-refractivity contribution in [2.24, 2.45) is 17.6 Å². The summed E-state index contributed by atoms with van der Waals surface area (Å²) in [6.07, 6.45) is 3.16. The van der Waals surface area contributed by atoms with E-state index in [4.69, 9.17) is 5.73 Å². The minimum absolute atomic E-state index is 0.131. The maximum absolute atomic E-state index is 9.46. The van der Waals surface area contributed by atoms with Crippen LogP contribution in [0.25, 0.3) is 0 Å².